The number of nitrogens with one attached hydrogen (secondary N) is 4. The highest BCUT2D eigenvalue weighted by Gasteiger charge is 2.11. The molecule has 1 aromatic heterocycles. The summed E-state index contributed by atoms with van der Waals surface area (Å²) in [5.41, 5.74) is 2.25. The van der Waals surface area contributed by atoms with Crippen LogP contribution in [-0.2, 0) is 4.79 Å². The summed E-state index contributed by atoms with van der Waals surface area (Å²) in [6.07, 6.45) is 2.27. The van der Waals surface area contributed by atoms with Crippen molar-refractivity contribution in [2.24, 2.45) is 0 Å². The van der Waals surface area contributed by atoms with Crippen molar-refractivity contribution in [2.75, 3.05) is 22.5 Å². The van der Waals surface area contributed by atoms with Gasteiger partial charge < -0.3 is 25.7 Å². The van der Waals surface area contributed by atoms with E-state index in [-0.39, 0.29) is 36.1 Å². The average molecular weight is 434 g/mol. The third kappa shape index (κ3) is 6.46. The molecule has 0 spiro atoms. The van der Waals surface area contributed by atoms with Gasteiger partial charge in [-0.05, 0) is 61.9 Å². The summed E-state index contributed by atoms with van der Waals surface area (Å²) < 4.78 is 5.07. The van der Waals surface area contributed by atoms with Gasteiger partial charge >= 0.3 is 0 Å². The Bertz CT molecular complexity index is 1080. The minimum Gasteiger partial charge on any atom is -0.459 e. The molecule has 8 nitrogen and oxygen atoms in total. The summed E-state index contributed by atoms with van der Waals surface area (Å²) in [6.45, 7) is 3.96. The van der Waals surface area contributed by atoms with E-state index in [4.69, 9.17) is 4.42 Å². The summed E-state index contributed by atoms with van der Waals surface area (Å²) in [7, 11) is 0. The molecule has 1 unspecified atom stereocenters. The number of carbonyl (C=O) groups is 3. The van der Waals surface area contributed by atoms with Gasteiger partial charge in [-0.15, -0.1) is 0 Å². The Morgan fingerprint density at radius 3 is 2.31 bits per heavy atom. The summed E-state index contributed by atoms with van der Waals surface area (Å²) in [4.78, 5) is 36.7. The normalized spacial score (nSPS) is 11.3. The van der Waals surface area contributed by atoms with Crippen molar-refractivity contribution < 1.29 is 18.8 Å². The highest BCUT2D eigenvalue weighted by atomic mass is 16.3. The van der Waals surface area contributed by atoms with Gasteiger partial charge in [0.25, 0.3) is 11.8 Å². The van der Waals surface area contributed by atoms with E-state index in [0.29, 0.717) is 22.6 Å². The number of amides is 3. The first kappa shape index (κ1) is 22.6. The van der Waals surface area contributed by atoms with E-state index < -0.39 is 0 Å². The van der Waals surface area contributed by atoms with Crippen molar-refractivity contribution in [2.45, 2.75) is 26.3 Å². The van der Waals surface area contributed by atoms with Crippen LogP contribution >= 0.6 is 0 Å². The standard InChI is InChI=1S/C24H26N4O4/c1-3-16(2)26-23(30)17-7-4-8-18(13-17)25-15-22(29)27-19-9-5-10-20(14-19)28-24(31)21-11-6-12-32-21/h4-14,16,25H,3,15H2,1-2H3,(H,26,30)(H,27,29)(H,28,31). The van der Waals surface area contributed by atoms with Gasteiger partial charge in [-0.25, -0.2) is 0 Å². The van der Waals surface area contributed by atoms with Gasteiger partial charge in [-0.1, -0.05) is 19.1 Å². The first-order valence-electron chi connectivity index (χ1n) is 10.3. The number of rotatable bonds is 9. The Kier molecular flexibility index (Phi) is 7.64. The maximum absolute atomic E-state index is 12.4. The van der Waals surface area contributed by atoms with Gasteiger partial charge in [0.1, 0.15) is 0 Å². The first-order chi connectivity index (χ1) is 15.4. The number of furan rings is 1. The summed E-state index contributed by atoms with van der Waals surface area (Å²) >= 11 is 0. The molecule has 0 aliphatic carbocycles. The first-order valence-corrected chi connectivity index (χ1v) is 10.3. The van der Waals surface area contributed by atoms with Gasteiger partial charge in [-0.3, -0.25) is 14.4 Å². The fourth-order valence-electron chi connectivity index (χ4n) is 2.84. The minimum atomic E-state index is -0.377. The van der Waals surface area contributed by atoms with E-state index in [0.717, 1.165) is 6.42 Å². The molecule has 0 aliphatic rings. The number of benzene rings is 2. The molecule has 1 atom stereocenters. The van der Waals surface area contributed by atoms with Crippen molar-refractivity contribution in [1.82, 2.24) is 5.32 Å². The molecule has 32 heavy (non-hydrogen) atoms. The van der Waals surface area contributed by atoms with Gasteiger partial charge in [-0.2, -0.15) is 0 Å². The summed E-state index contributed by atoms with van der Waals surface area (Å²) in [5, 5.41) is 11.4. The second-order valence-electron chi connectivity index (χ2n) is 7.28. The van der Waals surface area contributed by atoms with Crippen LogP contribution < -0.4 is 21.3 Å². The molecular formula is C24H26N4O4. The Hall–Kier alpha value is -4.07. The molecule has 0 saturated carbocycles. The predicted octanol–water partition coefficient (Wildman–Crippen LogP) is 4.11. The van der Waals surface area contributed by atoms with Crippen molar-refractivity contribution >= 4 is 34.8 Å². The largest absolute Gasteiger partial charge is 0.459 e. The third-order valence-corrected chi connectivity index (χ3v) is 4.72. The molecule has 166 valence electrons. The van der Waals surface area contributed by atoms with Gasteiger partial charge in [0.15, 0.2) is 5.76 Å². The van der Waals surface area contributed by atoms with Gasteiger partial charge in [0.2, 0.25) is 5.91 Å². The highest BCUT2D eigenvalue weighted by Crippen LogP contribution is 2.17. The van der Waals surface area contributed by atoms with Crippen molar-refractivity contribution in [1.29, 1.82) is 0 Å². The summed E-state index contributed by atoms with van der Waals surface area (Å²) in [6, 6.07) is 17.1. The van der Waals surface area contributed by atoms with Crippen LogP contribution in [0.3, 0.4) is 0 Å². The van der Waals surface area contributed by atoms with Crippen LogP contribution in [0.15, 0.2) is 71.3 Å². The maximum Gasteiger partial charge on any atom is 0.291 e. The molecule has 2 aromatic carbocycles. The van der Waals surface area contributed by atoms with E-state index in [1.54, 1.807) is 60.7 Å². The Balaban J connectivity index is 1.53. The molecule has 1 heterocycles. The van der Waals surface area contributed by atoms with E-state index in [9.17, 15) is 14.4 Å². The number of carbonyl (C=O) groups excluding carboxylic acids is 3. The highest BCUT2D eigenvalue weighted by molar-refractivity contribution is 6.03. The molecule has 0 fully saturated rings. The fourth-order valence-corrected chi connectivity index (χ4v) is 2.84. The Morgan fingerprint density at radius 1 is 0.875 bits per heavy atom. The van der Waals surface area contributed by atoms with E-state index in [2.05, 4.69) is 21.3 Å². The topological polar surface area (TPSA) is 112 Å². The van der Waals surface area contributed by atoms with E-state index >= 15 is 0 Å². The van der Waals surface area contributed by atoms with Crippen LogP contribution in [0.2, 0.25) is 0 Å². The van der Waals surface area contributed by atoms with Gasteiger partial charge in [0, 0.05) is 28.7 Å². The van der Waals surface area contributed by atoms with Crippen molar-refractivity contribution in [3.63, 3.8) is 0 Å². The average Bonchev–Trinajstić information content (AvgIpc) is 3.33. The van der Waals surface area contributed by atoms with Crippen LogP contribution in [0.4, 0.5) is 17.1 Å². The number of hydrogen-bond acceptors (Lipinski definition) is 5. The van der Waals surface area contributed by atoms with Crippen LogP contribution in [0.25, 0.3) is 0 Å². The Morgan fingerprint density at radius 2 is 1.59 bits per heavy atom. The lowest BCUT2D eigenvalue weighted by Crippen LogP contribution is -2.31. The van der Waals surface area contributed by atoms with Crippen LogP contribution in [-0.4, -0.2) is 30.3 Å². The molecule has 4 N–H and O–H groups in total. The molecule has 0 saturated heterocycles. The van der Waals surface area contributed by atoms with Crippen molar-refractivity contribution in [3.05, 3.63) is 78.3 Å². The smallest absolute Gasteiger partial charge is 0.291 e. The Labute approximate surface area is 186 Å². The molecule has 3 rings (SSSR count). The number of anilines is 3. The lowest BCUT2D eigenvalue weighted by molar-refractivity contribution is -0.114. The predicted molar refractivity (Wildman–Crippen MR) is 124 cm³/mol. The zero-order valence-corrected chi connectivity index (χ0v) is 18.0. The monoisotopic (exact) mass is 434 g/mol. The summed E-state index contributed by atoms with van der Waals surface area (Å²) in [5.74, 6) is -0.601. The molecule has 8 heteroatoms. The van der Waals surface area contributed by atoms with Crippen LogP contribution in [0.1, 0.15) is 41.2 Å². The zero-order valence-electron chi connectivity index (χ0n) is 18.0. The van der Waals surface area contributed by atoms with E-state index in [1.807, 2.05) is 13.8 Å². The van der Waals surface area contributed by atoms with E-state index in [1.165, 1.54) is 6.26 Å². The molecule has 0 bridgehead atoms. The molecular weight excluding hydrogens is 408 g/mol. The molecule has 3 aromatic rings. The lowest BCUT2D eigenvalue weighted by Gasteiger charge is -2.13. The molecule has 3 amide bonds. The third-order valence-electron chi connectivity index (χ3n) is 4.72. The second kappa shape index (κ2) is 10.8. The maximum atomic E-state index is 12.4. The second-order valence-corrected chi connectivity index (χ2v) is 7.28. The lowest BCUT2D eigenvalue weighted by atomic mass is 10.1. The van der Waals surface area contributed by atoms with Crippen molar-refractivity contribution in [3.8, 4) is 0 Å². The van der Waals surface area contributed by atoms with Crippen LogP contribution in [0.5, 0.6) is 0 Å². The quantitative estimate of drug-likeness (QED) is 0.405. The SMILES string of the molecule is CCC(C)NC(=O)c1cccc(NCC(=O)Nc2cccc(NC(=O)c3ccco3)c2)c1. The minimum absolute atomic E-state index is 0.0133. The molecule has 0 aliphatic heterocycles. The van der Waals surface area contributed by atoms with Gasteiger partial charge in [0.05, 0.1) is 12.8 Å². The fraction of sp³-hybridized carbons (Fsp3) is 0.208. The van der Waals surface area contributed by atoms with Crippen LogP contribution in [0, 0.1) is 0 Å². The number of hydrogen-bond donors (Lipinski definition) is 4. The zero-order chi connectivity index (χ0) is 22.9. The molecule has 0 radical (unpaired) electrons.